The highest BCUT2D eigenvalue weighted by Crippen LogP contribution is 2.31. The minimum Gasteiger partial charge on any atom is -0.478 e. The predicted octanol–water partition coefficient (Wildman–Crippen LogP) is 5.49. The Morgan fingerprint density at radius 3 is 1.74 bits per heavy atom. The van der Waals surface area contributed by atoms with Crippen molar-refractivity contribution >= 4 is 52.7 Å². The molecule has 2 atom stereocenters. The van der Waals surface area contributed by atoms with Crippen molar-refractivity contribution in [3.05, 3.63) is 99.5 Å². The summed E-state index contributed by atoms with van der Waals surface area (Å²) in [6, 6.07) is 14.3. The highest BCUT2D eigenvalue weighted by Gasteiger charge is 2.41. The monoisotopic (exact) mass is 569 g/mol. The van der Waals surface area contributed by atoms with Crippen molar-refractivity contribution in [1.82, 2.24) is 0 Å². The zero-order chi connectivity index (χ0) is 28.0. The van der Waals surface area contributed by atoms with Crippen LogP contribution in [-0.2, 0) is 25.2 Å². The lowest BCUT2D eigenvalue weighted by Gasteiger charge is -2.24. The maximum atomic E-state index is 13.1. The third kappa shape index (κ3) is 7.02. The molecule has 2 N–H and O–H groups in total. The van der Waals surface area contributed by atoms with Gasteiger partial charge >= 0.3 is 24.1 Å². The molecule has 0 saturated heterocycles. The SMILES string of the molecule is O=C(O[C@@H](C(=O)O)[C@@H](OC(=O)c1ccccc1Cl)C(=O)Nc1cccc(C(F)(F)F)c1)c1ccccc1Cl. The van der Waals surface area contributed by atoms with Crippen LogP contribution in [0.4, 0.5) is 18.9 Å². The highest BCUT2D eigenvalue weighted by molar-refractivity contribution is 6.34. The maximum absolute atomic E-state index is 13.1. The molecule has 0 unspecified atom stereocenters. The molecule has 3 aromatic rings. The van der Waals surface area contributed by atoms with E-state index in [1.54, 1.807) is 0 Å². The largest absolute Gasteiger partial charge is 0.478 e. The van der Waals surface area contributed by atoms with Gasteiger partial charge in [-0.15, -0.1) is 0 Å². The fourth-order valence-corrected chi connectivity index (χ4v) is 3.52. The van der Waals surface area contributed by atoms with Gasteiger partial charge in [0.1, 0.15) is 0 Å². The molecule has 1 amide bonds. The number of nitrogens with one attached hydrogen (secondary N) is 1. The van der Waals surface area contributed by atoms with Crippen LogP contribution in [0.15, 0.2) is 72.8 Å². The number of amides is 1. The van der Waals surface area contributed by atoms with Crippen LogP contribution < -0.4 is 5.32 Å². The van der Waals surface area contributed by atoms with Gasteiger partial charge in [0.2, 0.25) is 12.2 Å². The number of hydrogen-bond acceptors (Lipinski definition) is 6. The van der Waals surface area contributed by atoms with Crippen molar-refractivity contribution < 1.29 is 46.9 Å². The smallest absolute Gasteiger partial charge is 0.416 e. The Morgan fingerprint density at radius 1 is 0.763 bits per heavy atom. The number of aliphatic carboxylic acids is 1. The molecule has 13 heteroatoms. The standard InChI is InChI=1S/C25H16Cl2F3NO7/c26-17-10-3-1-8-15(17)23(35)37-19(21(32)31-14-7-5-6-13(12-14)25(28,29)30)20(22(33)34)38-24(36)16-9-2-4-11-18(16)27/h1-12,19-20H,(H,31,32)(H,33,34)/t19-,20-/m1/s1. The van der Waals surface area contributed by atoms with Gasteiger partial charge in [-0.05, 0) is 42.5 Å². The van der Waals surface area contributed by atoms with Gasteiger partial charge in [-0.2, -0.15) is 13.2 Å². The molecule has 0 heterocycles. The van der Waals surface area contributed by atoms with Crippen molar-refractivity contribution in [3.63, 3.8) is 0 Å². The van der Waals surface area contributed by atoms with E-state index in [-0.39, 0.29) is 21.2 Å². The van der Waals surface area contributed by atoms with E-state index in [9.17, 15) is 37.5 Å². The summed E-state index contributed by atoms with van der Waals surface area (Å²) in [7, 11) is 0. The minimum absolute atomic E-state index is 0.0975. The van der Waals surface area contributed by atoms with E-state index in [4.69, 9.17) is 32.7 Å². The highest BCUT2D eigenvalue weighted by atomic mass is 35.5. The number of carbonyl (C=O) groups excluding carboxylic acids is 3. The van der Waals surface area contributed by atoms with Crippen LogP contribution >= 0.6 is 23.2 Å². The molecular formula is C25H16Cl2F3NO7. The Kier molecular flexibility index (Phi) is 8.97. The molecule has 0 aliphatic carbocycles. The first-order chi connectivity index (χ1) is 17.9. The molecule has 38 heavy (non-hydrogen) atoms. The first kappa shape index (κ1) is 28.5. The van der Waals surface area contributed by atoms with Gasteiger partial charge in [0.25, 0.3) is 5.91 Å². The number of ether oxygens (including phenoxy) is 2. The minimum atomic E-state index is -4.75. The lowest BCUT2D eigenvalue weighted by Crippen LogP contribution is -2.48. The third-order valence-electron chi connectivity index (χ3n) is 4.89. The Labute approximate surface area is 222 Å². The number of benzene rings is 3. The molecule has 0 saturated carbocycles. The van der Waals surface area contributed by atoms with Gasteiger partial charge in [-0.1, -0.05) is 53.5 Å². The molecule has 0 bridgehead atoms. The van der Waals surface area contributed by atoms with Crippen molar-refractivity contribution in [2.24, 2.45) is 0 Å². The molecule has 0 spiro atoms. The summed E-state index contributed by atoms with van der Waals surface area (Å²) in [5.74, 6) is -5.83. The van der Waals surface area contributed by atoms with Crippen LogP contribution in [0.25, 0.3) is 0 Å². The van der Waals surface area contributed by atoms with Crippen LogP contribution in [0.5, 0.6) is 0 Å². The molecular weight excluding hydrogens is 554 g/mol. The zero-order valence-corrected chi connectivity index (χ0v) is 20.4. The van der Waals surface area contributed by atoms with E-state index in [1.807, 2.05) is 0 Å². The van der Waals surface area contributed by atoms with Crippen molar-refractivity contribution in [1.29, 1.82) is 0 Å². The normalized spacial score (nSPS) is 12.7. The summed E-state index contributed by atoms with van der Waals surface area (Å²) in [5.41, 5.74) is -2.02. The maximum Gasteiger partial charge on any atom is 0.416 e. The average Bonchev–Trinajstić information content (AvgIpc) is 2.85. The molecule has 8 nitrogen and oxygen atoms in total. The Balaban J connectivity index is 1.97. The molecule has 0 radical (unpaired) electrons. The van der Waals surface area contributed by atoms with Crippen molar-refractivity contribution in [2.45, 2.75) is 18.4 Å². The second kappa shape index (κ2) is 12.0. The summed E-state index contributed by atoms with van der Waals surface area (Å²) in [6.07, 6.45) is -9.54. The fourth-order valence-electron chi connectivity index (χ4n) is 3.09. The van der Waals surface area contributed by atoms with Crippen molar-refractivity contribution in [3.8, 4) is 0 Å². The molecule has 0 aliphatic rings. The lowest BCUT2D eigenvalue weighted by atomic mass is 10.1. The lowest BCUT2D eigenvalue weighted by molar-refractivity contribution is -0.157. The number of carbonyl (C=O) groups is 4. The predicted molar refractivity (Wildman–Crippen MR) is 129 cm³/mol. The molecule has 0 fully saturated rings. The summed E-state index contributed by atoms with van der Waals surface area (Å²) in [4.78, 5) is 50.5. The zero-order valence-electron chi connectivity index (χ0n) is 18.9. The van der Waals surface area contributed by atoms with Crippen molar-refractivity contribution in [2.75, 3.05) is 5.32 Å². The Hall–Kier alpha value is -4.09. The number of rotatable bonds is 8. The fraction of sp³-hybridized carbons (Fsp3) is 0.120. The van der Waals surface area contributed by atoms with Gasteiger partial charge in [0, 0.05) is 5.69 Å². The topological polar surface area (TPSA) is 119 Å². The van der Waals surface area contributed by atoms with Gasteiger partial charge in [-0.25, -0.2) is 14.4 Å². The van der Waals surface area contributed by atoms with Crippen LogP contribution in [0.3, 0.4) is 0 Å². The molecule has 0 aliphatic heterocycles. The van der Waals surface area contributed by atoms with Crippen LogP contribution in [0.2, 0.25) is 10.0 Å². The second-order valence-electron chi connectivity index (χ2n) is 7.52. The first-order valence-electron chi connectivity index (χ1n) is 10.5. The van der Waals surface area contributed by atoms with Gasteiger partial charge in [0.15, 0.2) is 0 Å². The van der Waals surface area contributed by atoms with Crippen LogP contribution in [-0.4, -0.2) is 41.1 Å². The number of alkyl halides is 3. The summed E-state index contributed by atoms with van der Waals surface area (Å²) in [6.45, 7) is 0. The molecule has 3 aromatic carbocycles. The third-order valence-corrected chi connectivity index (χ3v) is 5.55. The van der Waals surface area contributed by atoms with Gasteiger partial charge < -0.3 is 19.9 Å². The van der Waals surface area contributed by atoms with E-state index in [0.29, 0.717) is 6.07 Å². The van der Waals surface area contributed by atoms with Gasteiger partial charge in [-0.3, -0.25) is 4.79 Å². The number of anilines is 1. The number of esters is 2. The quantitative estimate of drug-likeness (QED) is 0.344. The van der Waals surface area contributed by atoms with Crippen LogP contribution in [0.1, 0.15) is 26.3 Å². The Bertz CT molecular complexity index is 1380. The number of halogens is 5. The van der Waals surface area contributed by atoms with Crippen LogP contribution in [0, 0.1) is 0 Å². The average molecular weight is 570 g/mol. The van der Waals surface area contributed by atoms with E-state index in [0.717, 1.165) is 18.2 Å². The van der Waals surface area contributed by atoms with E-state index in [1.165, 1.54) is 48.5 Å². The Morgan fingerprint density at radius 2 is 1.26 bits per heavy atom. The van der Waals surface area contributed by atoms with E-state index in [2.05, 4.69) is 5.32 Å². The molecule has 3 rings (SSSR count). The van der Waals surface area contributed by atoms with E-state index < -0.39 is 53.5 Å². The number of carboxylic acid groups (broad SMARTS) is 1. The first-order valence-corrected chi connectivity index (χ1v) is 11.3. The molecule has 198 valence electrons. The van der Waals surface area contributed by atoms with E-state index >= 15 is 0 Å². The second-order valence-corrected chi connectivity index (χ2v) is 8.33. The number of carboxylic acids is 1. The molecule has 0 aromatic heterocycles. The summed E-state index contributed by atoms with van der Waals surface area (Å²) < 4.78 is 49.3. The summed E-state index contributed by atoms with van der Waals surface area (Å²) >= 11 is 11.9. The summed E-state index contributed by atoms with van der Waals surface area (Å²) in [5, 5.41) is 11.6. The number of hydrogen-bond donors (Lipinski definition) is 2. The van der Waals surface area contributed by atoms with Gasteiger partial charge in [0.05, 0.1) is 26.7 Å².